The smallest absolute Gasteiger partial charge is 0.360 e. The number of ether oxygens (including phenoxy) is 1. The van der Waals surface area contributed by atoms with Gasteiger partial charge >= 0.3 is 5.97 Å². The molecule has 2 N–H and O–H groups in total. The maximum absolute atomic E-state index is 12.0. The highest BCUT2D eigenvalue weighted by Crippen LogP contribution is 2.19. The number of anilines is 1. The highest BCUT2D eigenvalue weighted by atomic mass is 16.5. The Labute approximate surface area is 163 Å². The molecule has 0 bridgehead atoms. The van der Waals surface area contributed by atoms with Gasteiger partial charge in [0.15, 0.2) is 5.70 Å². The highest BCUT2D eigenvalue weighted by Gasteiger charge is 2.32. The molecule has 0 amide bonds. The van der Waals surface area contributed by atoms with Crippen molar-refractivity contribution < 1.29 is 9.53 Å². The fourth-order valence-electron chi connectivity index (χ4n) is 2.48. The van der Waals surface area contributed by atoms with Crippen LogP contribution in [0.5, 0.6) is 0 Å². The minimum atomic E-state index is -0.626. The number of carbonyl (C=O) groups is 1. The molecule has 11 heteroatoms. The molecule has 0 spiro atoms. The van der Waals surface area contributed by atoms with Gasteiger partial charge in [0, 0.05) is 14.1 Å². The Balaban J connectivity index is 1.92. The molecule has 148 valence electrons. The molecule has 1 aromatic carbocycles. The number of hydrogen-bond donors (Lipinski definition) is 2. The number of para-hydroxylation sites is 1. The van der Waals surface area contributed by atoms with Crippen LogP contribution in [0.2, 0.25) is 0 Å². The highest BCUT2D eigenvalue weighted by molar-refractivity contribution is 5.97. The van der Waals surface area contributed by atoms with Crippen molar-refractivity contribution in [3.8, 4) is 0 Å². The monoisotopic (exact) mass is 385 g/mol. The van der Waals surface area contributed by atoms with Crippen LogP contribution in [0.1, 0.15) is 13.8 Å². The number of rotatable bonds is 5. The van der Waals surface area contributed by atoms with Gasteiger partial charge in [-0.1, -0.05) is 23.4 Å². The summed E-state index contributed by atoms with van der Waals surface area (Å²) in [7, 11) is 3.71. The summed E-state index contributed by atoms with van der Waals surface area (Å²) < 4.78 is 5.01. The van der Waals surface area contributed by atoms with Crippen molar-refractivity contribution in [1.29, 1.82) is 0 Å². The topological polar surface area (TPSA) is 110 Å². The lowest BCUT2D eigenvalue weighted by molar-refractivity contribution is -0.138. The number of benzene rings is 1. The van der Waals surface area contributed by atoms with Crippen LogP contribution in [0.15, 0.2) is 62.6 Å². The van der Waals surface area contributed by atoms with E-state index in [1.165, 1.54) is 6.20 Å². The van der Waals surface area contributed by atoms with E-state index in [9.17, 15) is 4.79 Å². The van der Waals surface area contributed by atoms with Crippen molar-refractivity contribution in [1.82, 2.24) is 20.5 Å². The zero-order chi connectivity index (χ0) is 20.1. The first kappa shape index (κ1) is 19.1. The maximum Gasteiger partial charge on any atom is 0.360 e. The summed E-state index contributed by atoms with van der Waals surface area (Å²) in [5, 5.41) is 10.9. The first-order valence-electron chi connectivity index (χ1n) is 8.74. The van der Waals surface area contributed by atoms with Crippen LogP contribution in [0.25, 0.3) is 0 Å². The molecule has 2 aliphatic heterocycles. The van der Waals surface area contributed by atoms with Gasteiger partial charge in [0.1, 0.15) is 5.84 Å². The van der Waals surface area contributed by atoms with E-state index >= 15 is 0 Å². The summed E-state index contributed by atoms with van der Waals surface area (Å²) in [6.07, 6.45) is 0.879. The predicted molar refractivity (Wildman–Crippen MR) is 104 cm³/mol. The fourth-order valence-corrected chi connectivity index (χ4v) is 2.48. The lowest BCUT2D eigenvalue weighted by Gasteiger charge is -2.39. The zero-order valence-corrected chi connectivity index (χ0v) is 16.2. The molecular formula is C17H23N9O2. The Morgan fingerprint density at radius 3 is 2.75 bits per heavy atom. The second-order valence-electron chi connectivity index (χ2n) is 6.12. The molecule has 11 nitrogen and oxygen atoms in total. The zero-order valence-electron chi connectivity index (χ0n) is 16.2. The number of carbonyl (C=O) groups excluding carboxylic acids is 1. The lowest BCUT2D eigenvalue weighted by Crippen LogP contribution is -2.56. The van der Waals surface area contributed by atoms with Gasteiger partial charge in [-0.25, -0.2) is 19.8 Å². The molecule has 3 rings (SSSR count). The molecule has 2 aliphatic rings. The van der Waals surface area contributed by atoms with Crippen molar-refractivity contribution in [2.24, 2.45) is 20.3 Å². The number of hydrazine groups is 2. The van der Waals surface area contributed by atoms with Gasteiger partial charge in [-0.2, -0.15) is 10.5 Å². The summed E-state index contributed by atoms with van der Waals surface area (Å²) in [5.41, 5.74) is 6.97. The Morgan fingerprint density at radius 1 is 1.32 bits per heavy atom. The van der Waals surface area contributed by atoms with Crippen molar-refractivity contribution in [2.75, 3.05) is 26.1 Å². The number of guanidine groups is 1. The first-order chi connectivity index (χ1) is 13.5. The van der Waals surface area contributed by atoms with E-state index in [2.05, 4.69) is 31.3 Å². The van der Waals surface area contributed by atoms with Crippen LogP contribution in [0, 0.1) is 0 Å². The lowest BCUT2D eigenvalue weighted by atomic mass is 10.3. The van der Waals surface area contributed by atoms with Crippen LogP contribution in [0.3, 0.4) is 0 Å². The molecule has 28 heavy (non-hydrogen) atoms. The molecular weight excluding hydrogens is 362 g/mol. The molecule has 0 aromatic heterocycles. The largest absolute Gasteiger partial charge is 0.461 e. The number of esters is 1. The van der Waals surface area contributed by atoms with Crippen LogP contribution in [0.4, 0.5) is 5.69 Å². The summed E-state index contributed by atoms with van der Waals surface area (Å²) in [4.78, 5) is 23.0. The Hall–Kier alpha value is -3.63. The van der Waals surface area contributed by atoms with Gasteiger partial charge < -0.3 is 9.64 Å². The third-order valence-electron chi connectivity index (χ3n) is 3.81. The Morgan fingerprint density at radius 2 is 2.07 bits per heavy atom. The fraction of sp³-hybridized carbons (Fsp3) is 0.353. The second kappa shape index (κ2) is 8.37. The van der Waals surface area contributed by atoms with E-state index in [0.29, 0.717) is 11.8 Å². The third kappa shape index (κ3) is 4.19. The molecule has 1 unspecified atom stereocenters. The molecule has 1 atom stereocenters. The molecule has 0 fully saturated rings. The molecule has 0 saturated heterocycles. The number of amidine groups is 1. The summed E-state index contributed by atoms with van der Waals surface area (Å²) in [5.74, 6) is 0.658. The van der Waals surface area contributed by atoms with Gasteiger partial charge in [0.25, 0.3) is 0 Å². The quantitative estimate of drug-likeness (QED) is 0.740. The molecule has 2 heterocycles. The van der Waals surface area contributed by atoms with Crippen LogP contribution in [-0.4, -0.2) is 59.7 Å². The van der Waals surface area contributed by atoms with Crippen molar-refractivity contribution in [2.45, 2.75) is 20.1 Å². The number of nitrogens with one attached hydrogen (secondary N) is 2. The standard InChI is InChI=1S/C17H23N9O2/c1-5-28-15(27)14-11-25(23-22-20-14)17-19-16(24(3)4)18-12(2)26(17)21-13-9-7-6-8-10-13/h6-11,17,21H,5H2,1-4H3,(H,20,23). The number of nitrogens with zero attached hydrogens (tertiary/aromatic N) is 7. The van der Waals surface area contributed by atoms with Crippen molar-refractivity contribution in [3.05, 3.63) is 42.2 Å². The minimum Gasteiger partial charge on any atom is -0.461 e. The number of hydrogen-bond acceptors (Lipinski definition) is 11. The summed E-state index contributed by atoms with van der Waals surface area (Å²) in [6, 6.07) is 9.64. The second-order valence-corrected chi connectivity index (χ2v) is 6.12. The van der Waals surface area contributed by atoms with Gasteiger partial charge in [-0.15, -0.1) is 5.11 Å². The molecule has 0 radical (unpaired) electrons. The molecule has 0 saturated carbocycles. The van der Waals surface area contributed by atoms with E-state index in [4.69, 9.17) is 4.74 Å². The maximum atomic E-state index is 12.0. The molecule has 1 aromatic rings. The van der Waals surface area contributed by atoms with Gasteiger partial charge in [0.05, 0.1) is 18.5 Å². The van der Waals surface area contributed by atoms with Crippen molar-refractivity contribution in [3.63, 3.8) is 0 Å². The third-order valence-corrected chi connectivity index (χ3v) is 3.81. The normalized spacial score (nSPS) is 18.6. The van der Waals surface area contributed by atoms with E-state index in [0.717, 1.165) is 5.69 Å². The summed E-state index contributed by atoms with van der Waals surface area (Å²) in [6.45, 7) is 3.84. The average Bonchev–Trinajstić information content (AvgIpc) is 2.70. The van der Waals surface area contributed by atoms with Gasteiger partial charge in [0.2, 0.25) is 12.2 Å². The van der Waals surface area contributed by atoms with Crippen LogP contribution < -0.4 is 11.0 Å². The summed E-state index contributed by atoms with van der Waals surface area (Å²) >= 11 is 0. The van der Waals surface area contributed by atoms with Crippen LogP contribution in [-0.2, 0) is 9.53 Å². The van der Waals surface area contributed by atoms with Crippen LogP contribution >= 0.6 is 0 Å². The van der Waals surface area contributed by atoms with E-state index < -0.39 is 12.3 Å². The predicted octanol–water partition coefficient (Wildman–Crippen LogP) is 1.54. The van der Waals surface area contributed by atoms with Gasteiger partial charge in [-0.05, 0) is 26.0 Å². The van der Waals surface area contributed by atoms with Crippen molar-refractivity contribution >= 4 is 23.5 Å². The Bertz CT molecular complexity index is 832. The SMILES string of the molecule is CCOC(=O)C1=CN(C2N=C(N(C)C)N=C(C)N2Nc2ccccc2)NN=N1. The van der Waals surface area contributed by atoms with E-state index in [1.807, 2.05) is 51.4 Å². The first-order valence-corrected chi connectivity index (χ1v) is 8.74. The van der Waals surface area contributed by atoms with Gasteiger partial charge in [-0.3, -0.25) is 5.43 Å². The van der Waals surface area contributed by atoms with E-state index in [1.54, 1.807) is 21.8 Å². The number of aliphatic imine (C=N–C) groups is 2. The van der Waals surface area contributed by atoms with E-state index in [-0.39, 0.29) is 12.3 Å². The molecule has 0 aliphatic carbocycles. The Kier molecular flexibility index (Phi) is 5.72. The average molecular weight is 385 g/mol. The minimum absolute atomic E-state index is 0.0713.